The van der Waals surface area contributed by atoms with Crippen molar-refractivity contribution in [2.24, 2.45) is 0 Å². The Labute approximate surface area is 289 Å². The number of nitrogens with zero attached hydrogens (tertiary/aromatic N) is 1. The second-order valence-corrected chi connectivity index (χ2v) is 5.03. The summed E-state index contributed by atoms with van der Waals surface area (Å²) in [6.45, 7) is 46.1. The maximum Gasteiger partial charge on any atom is 0.0267 e. The van der Waals surface area contributed by atoms with Crippen LogP contribution in [0, 0.1) is 6.92 Å². The van der Waals surface area contributed by atoms with E-state index in [9.17, 15) is 0 Å². The van der Waals surface area contributed by atoms with Crippen LogP contribution in [0.25, 0.3) is 10.8 Å². The van der Waals surface area contributed by atoms with Gasteiger partial charge in [-0.05, 0) is 29.8 Å². The molecular formula is C44H87N. The van der Waals surface area contributed by atoms with Gasteiger partial charge in [-0.1, -0.05) is 243 Å². The van der Waals surface area contributed by atoms with Crippen LogP contribution in [0.1, 0.15) is 158 Å². The molecule has 4 aromatic rings. The first kappa shape index (κ1) is 69.0. The van der Waals surface area contributed by atoms with Crippen LogP contribution >= 0.6 is 0 Å². The van der Waals surface area contributed by atoms with Gasteiger partial charge < -0.3 is 0 Å². The van der Waals surface area contributed by atoms with E-state index < -0.39 is 0 Å². The molecule has 0 fully saturated rings. The molecule has 268 valence electrons. The van der Waals surface area contributed by atoms with Crippen LogP contribution in [-0.2, 0) is 0 Å². The maximum absolute atomic E-state index is 3.78. The third kappa shape index (κ3) is 74.2. The molecule has 1 aromatic heterocycles. The fourth-order valence-corrected chi connectivity index (χ4v) is 1.98. The quantitative estimate of drug-likeness (QED) is 0.188. The lowest BCUT2D eigenvalue weighted by molar-refractivity contribution is 1.33. The second kappa shape index (κ2) is 105. The van der Waals surface area contributed by atoms with E-state index in [1.165, 1.54) is 16.3 Å². The van der Waals surface area contributed by atoms with E-state index >= 15 is 0 Å². The minimum atomic E-state index is 1.31. The van der Waals surface area contributed by atoms with Crippen LogP contribution in [0.3, 0.4) is 0 Å². The number of aromatic nitrogens is 1. The summed E-state index contributed by atoms with van der Waals surface area (Å²) in [7, 11) is 0. The fourth-order valence-electron chi connectivity index (χ4n) is 1.98. The SMILES string of the molecule is CC.CC.CC.CC.CC.CC.CC.CC.CC.CC.CC.Cc1ccccc1.c1ccc2ccccc2c1.c1ccncc1. The predicted octanol–water partition coefficient (Wildman–Crippen LogP) is 17.2. The summed E-state index contributed by atoms with van der Waals surface area (Å²) < 4.78 is 0. The first-order valence-corrected chi connectivity index (χ1v) is 18.7. The van der Waals surface area contributed by atoms with Gasteiger partial charge in [-0.15, -0.1) is 0 Å². The molecule has 0 bridgehead atoms. The predicted molar refractivity (Wildman–Crippen MR) is 224 cm³/mol. The molecule has 0 saturated carbocycles. The third-order valence-corrected chi connectivity index (χ3v) is 3.17. The van der Waals surface area contributed by atoms with Crippen LogP contribution in [0.2, 0.25) is 0 Å². The molecule has 0 aliphatic rings. The van der Waals surface area contributed by atoms with Crippen molar-refractivity contribution in [1.82, 2.24) is 4.98 Å². The minimum Gasteiger partial charge on any atom is -0.265 e. The summed E-state index contributed by atoms with van der Waals surface area (Å²) in [6, 6.07) is 32.7. The van der Waals surface area contributed by atoms with Crippen LogP contribution < -0.4 is 0 Å². The highest BCUT2D eigenvalue weighted by atomic mass is 14.6. The van der Waals surface area contributed by atoms with Crippen molar-refractivity contribution in [2.45, 2.75) is 159 Å². The van der Waals surface area contributed by atoms with Crippen molar-refractivity contribution in [3.8, 4) is 0 Å². The Morgan fingerprint density at radius 2 is 0.467 bits per heavy atom. The molecule has 0 spiro atoms. The first-order chi connectivity index (χ1) is 22.4. The van der Waals surface area contributed by atoms with E-state index in [0.717, 1.165) is 0 Å². The highest BCUT2D eigenvalue weighted by Gasteiger charge is 1.85. The zero-order valence-corrected chi connectivity index (χ0v) is 35.3. The number of aryl methyl sites for hydroxylation is 1. The molecule has 4 rings (SSSR count). The van der Waals surface area contributed by atoms with E-state index in [1.807, 2.05) is 189 Å². The number of hydrogen-bond acceptors (Lipinski definition) is 1. The number of pyridine rings is 1. The van der Waals surface area contributed by atoms with Crippen LogP contribution in [0.5, 0.6) is 0 Å². The lowest BCUT2D eigenvalue weighted by atomic mass is 10.1. The summed E-state index contributed by atoms with van der Waals surface area (Å²) in [5, 5.41) is 2.62. The molecule has 0 unspecified atom stereocenters. The van der Waals surface area contributed by atoms with Crippen LogP contribution in [-0.4, -0.2) is 4.98 Å². The van der Waals surface area contributed by atoms with E-state index in [1.54, 1.807) is 12.4 Å². The standard InChI is InChI=1S/C10H8.C7H8.C5H5N.11C2H6/c1-2-6-10-8-4-3-7-9(10)5-1;1-7-5-3-2-4-6-7;1-2-4-6-5-3-1;11*1-2/h1-8H;2-6H,1H3;1-5H;11*1-2H3. The van der Waals surface area contributed by atoms with Gasteiger partial charge >= 0.3 is 0 Å². The Bertz CT molecular complexity index is 689. The van der Waals surface area contributed by atoms with Crippen molar-refractivity contribution in [3.05, 3.63) is 115 Å². The van der Waals surface area contributed by atoms with Gasteiger partial charge in [0.05, 0.1) is 0 Å². The molecule has 1 heteroatoms. The zero-order valence-electron chi connectivity index (χ0n) is 35.3. The summed E-state index contributed by atoms with van der Waals surface area (Å²) >= 11 is 0. The molecule has 0 amide bonds. The van der Waals surface area contributed by atoms with Crippen molar-refractivity contribution in [2.75, 3.05) is 0 Å². The molecule has 0 saturated heterocycles. The Kier molecular flexibility index (Phi) is 161. The molecule has 3 aromatic carbocycles. The number of fused-ring (bicyclic) bond motifs is 1. The summed E-state index contributed by atoms with van der Waals surface area (Å²) in [4.78, 5) is 3.78. The monoisotopic (exact) mass is 630 g/mol. The molecule has 0 atom stereocenters. The van der Waals surface area contributed by atoms with E-state index in [2.05, 4.69) is 72.6 Å². The average Bonchev–Trinajstić information content (AvgIpc) is 3.22. The van der Waals surface area contributed by atoms with Gasteiger partial charge in [0, 0.05) is 12.4 Å². The summed E-state index contributed by atoms with van der Waals surface area (Å²) in [5.74, 6) is 0. The second-order valence-electron chi connectivity index (χ2n) is 5.03. The molecule has 1 nitrogen and oxygen atoms in total. The van der Waals surface area contributed by atoms with Gasteiger partial charge in [-0.3, -0.25) is 4.98 Å². The highest BCUT2D eigenvalue weighted by Crippen LogP contribution is 2.11. The van der Waals surface area contributed by atoms with Gasteiger partial charge in [0.15, 0.2) is 0 Å². The van der Waals surface area contributed by atoms with Crippen LogP contribution in [0.4, 0.5) is 0 Å². The van der Waals surface area contributed by atoms with Gasteiger partial charge in [-0.2, -0.15) is 0 Å². The molecule has 1 heterocycles. The fraction of sp³-hybridized carbons (Fsp3) is 0.523. The smallest absolute Gasteiger partial charge is 0.0267 e. The Balaban J connectivity index is -0.0000000397. The third-order valence-electron chi connectivity index (χ3n) is 3.17. The zero-order chi connectivity index (χ0) is 38.2. The molecule has 0 radical (unpaired) electrons. The average molecular weight is 630 g/mol. The molecule has 0 aliphatic heterocycles. The largest absolute Gasteiger partial charge is 0.265 e. The molecule has 0 aliphatic carbocycles. The number of hydrogen-bond donors (Lipinski definition) is 0. The maximum atomic E-state index is 3.78. The number of rotatable bonds is 0. The van der Waals surface area contributed by atoms with E-state index in [-0.39, 0.29) is 0 Å². The van der Waals surface area contributed by atoms with Crippen molar-refractivity contribution >= 4 is 10.8 Å². The van der Waals surface area contributed by atoms with E-state index in [4.69, 9.17) is 0 Å². The summed E-state index contributed by atoms with van der Waals surface area (Å²) in [6.07, 6.45) is 3.50. The summed E-state index contributed by atoms with van der Waals surface area (Å²) in [5.41, 5.74) is 1.32. The Hall–Kier alpha value is -2.93. The van der Waals surface area contributed by atoms with Crippen molar-refractivity contribution < 1.29 is 0 Å². The normalized spacial score (nSPS) is 6.11. The molecule has 45 heavy (non-hydrogen) atoms. The lowest BCUT2D eigenvalue weighted by Crippen LogP contribution is -1.67. The molecular weight excluding hydrogens is 542 g/mol. The Morgan fingerprint density at radius 3 is 0.600 bits per heavy atom. The minimum absolute atomic E-state index is 1.31. The van der Waals surface area contributed by atoms with E-state index in [0.29, 0.717) is 0 Å². The topological polar surface area (TPSA) is 12.9 Å². The van der Waals surface area contributed by atoms with Crippen molar-refractivity contribution in [3.63, 3.8) is 0 Å². The first-order valence-electron chi connectivity index (χ1n) is 18.7. The van der Waals surface area contributed by atoms with Crippen molar-refractivity contribution in [1.29, 1.82) is 0 Å². The molecule has 0 N–H and O–H groups in total. The Morgan fingerprint density at radius 1 is 0.267 bits per heavy atom. The highest BCUT2D eigenvalue weighted by molar-refractivity contribution is 5.82. The number of benzene rings is 3. The van der Waals surface area contributed by atoms with Gasteiger partial charge in [0.25, 0.3) is 0 Å². The van der Waals surface area contributed by atoms with Crippen LogP contribution in [0.15, 0.2) is 109 Å². The van der Waals surface area contributed by atoms with Gasteiger partial charge in [0.2, 0.25) is 0 Å². The lowest BCUT2D eigenvalue weighted by Gasteiger charge is -1.92. The van der Waals surface area contributed by atoms with Gasteiger partial charge in [0.1, 0.15) is 0 Å². The van der Waals surface area contributed by atoms with Gasteiger partial charge in [-0.25, -0.2) is 0 Å².